The van der Waals surface area contributed by atoms with Gasteiger partial charge >= 0.3 is 0 Å². The molecule has 0 aliphatic carbocycles. The van der Waals surface area contributed by atoms with Crippen molar-refractivity contribution in [3.05, 3.63) is 152 Å². The average Bonchev–Trinajstić information content (AvgIpc) is 3.41. The molecule has 188 valence electrons. The Hall–Kier alpha value is -5.34. The summed E-state index contributed by atoms with van der Waals surface area (Å²) in [6, 6.07) is 53.8. The van der Waals surface area contributed by atoms with E-state index in [-0.39, 0.29) is 0 Å². The van der Waals surface area contributed by atoms with Crippen molar-refractivity contribution in [1.82, 2.24) is 0 Å². The number of furan rings is 1. The van der Waals surface area contributed by atoms with E-state index in [0.717, 1.165) is 50.1 Å². The third-order valence-electron chi connectivity index (χ3n) is 7.86. The highest BCUT2D eigenvalue weighted by Crippen LogP contribution is 2.43. The van der Waals surface area contributed by atoms with Crippen LogP contribution in [0, 0.1) is 0 Å². The normalized spacial score (nSPS) is 11.5. The van der Waals surface area contributed by atoms with Crippen LogP contribution in [0.15, 0.2) is 156 Å². The summed E-state index contributed by atoms with van der Waals surface area (Å²) in [7, 11) is 0. The van der Waals surface area contributed by atoms with Crippen LogP contribution in [0.2, 0.25) is 0 Å². The van der Waals surface area contributed by atoms with Gasteiger partial charge in [0.05, 0.1) is 11.4 Å². The molecule has 2 nitrogen and oxygen atoms in total. The second-order valence-corrected chi connectivity index (χ2v) is 10.2. The molecule has 1 aromatic heterocycles. The fraction of sp³-hybridized carbons (Fsp3) is 0. The van der Waals surface area contributed by atoms with Gasteiger partial charge in [-0.2, -0.15) is 0 Å². The van der Waals surface area contributed by atoms with E-state index < -0.39 is 0 Å². The molecule has 0 aliphatic rings. The first-order valence-corrected chi connectivity index (χ1v) is 13.6. The highest BCUT2D eigenvalue weighted by molar-refractivity contribution is 6.10. The van der Waals surface area contributed by atoms with Crippen LogP contribution < -0.4 is 4.90 Å². The van der Waals surface area contributed by atoms with Crippen molar-refractivity contribution < 1.29 is 4.42 Å². The van der Waals surface area contributed by atoms with Crippen LogP contribution in [0.5, 0.6) is 0 Å². The lowest BCUT2D eigenvalue weighted by Crippen LogP contribution is -2.11. The topological polar surface area (TPSA) is 16.4 Å². The fourth-order valence-electron chi connectivity index (χ4n) is 5.98. The van der Waals surface area contributed by atoms with Crippen LogP contribution in [-0.2, 0) is 0 Å². The summed E-state index contributed by atoms with van der Waals surface area (Å²) in [5.41, 5.74) is 7.49. The smallest absolute Gasteiger partial charge is 0.143 e. The van der Waals surface area contributed by atoms with Crippen molar-refractivity contribution in [3.8, 4) is 11.1 Å². The van der Waals surface area contributed by atoms with Gasteiger partial charge in [-0.1, -0.05) is 121 Å². The summed E-state index contributed by atoms with van der Waals surface area (Å²) in [4.78, 5) is 2.39. The Balaban J connectivity index is 1.32. The largest absolute Gasteiger partial charge is 0.455 e. The SMILES string of the molecule is c1ccc2c(N(c3ccc(-c4cccc5c4oc4ccccc45)cc3)c3cccc4ccccc34)cccc2c1. The molecule has 0 bridgehead atoms. The summed E-state index contributed by atoms with van der Waals surface area (Å²) in [6.45, 7) is 0. The molecule has 0 saturated carbocycles. The highest BCUT2D eigenvalue weighted by atomic mass is 16.3. The van der Waals surface area contributed by atoms with Crippen molar-refractivity contribution in [2.24, 2.45) is 0 Å². The molecular formula is C38H25NO. The van der Waals surface area contributed by atoms with Gasteiger partial charge in [-0.15, -0.1) is 0 Å². The van der Waals surface area contributed by atoms with Gasteiger partial charge in [-0.25, -0.2) is 0 Å². The number of nitrogens with zero attached hydrogens (tertiary/aromatic N) is 1. The lowest BCUT2D eigenvalue weighted by molar-refractivity contribution is 0.670. The van der Waals surface area contributed by atoms with Crippen molar-refractivity contribution in [1.29, 1.82) is 0 Å². The quantitative estimate of drug-likeness (QED) is 0.234. The monoisotopic (exact) mass is 511 g/mol. The van der Waals surface area contributed by atoms with Crippen LogP contribution in [0.4, 0.5) is 17.1 Å². The third kappa shape index (κ3) is 3.58. The first-order valence-electron chi connectivity index (χ1n) is 13.6. The van der Waals surface area contributed by atoms with Crippen LogP contribution in [0.1, 0.15) is 0 Å². The maximum atomic E-state index is 6.34. The molecule has 7 aromatic carbocycles. The van der Waals surface area contributed by atoms with Gasteiger partial charge in [0.1, 0.15) is 11.2 Å². The Bertz CT molecular complexity index is 2080. The molecule has 8 aromatic rings. The summed E-state index contributed by atoms with van der Waals surface area (Å²) in [5, 5.41) is 7.17. The van der Waals surface area contributed by atoms with Gasteiger partial charge < -0.3 is 9.32 Å². The number of fused-ring (bicyclic) bond motifs is 5. The summed E-state index contributed by atoms with van der Waals surface area (Å²) < 4.78 is 6.34. The minimum atomic E-state index is 0.916. The zero-order chi connectivity index (χ0) is 26.5. The summed E-state index contributed by atoms with van der Waals surface area (Å²) in [6.07, 6.45) is 0. The van der Waals surface area contributed by atoms with Gasteiger partial charge in [-0.3, -0.25) is 0 Å². The van der Waals surface area contributed by atoms with Gasteiger partial charge in [0, 0.05) is 32.8 Å². The number of anilines is 3. The van der Waals surface area contributed by atoms with Crippen molar-refractivity contribution >= 4 is 60.5 Å². The van der Waals surface area contributed by atoms with Crippen molar-refractivity contribution in [3.63, 3.8) is 0 Å². The standard InChI is InChI=1S/C38H25NO/c1-3-14-30-26(10-1)12-7-19-35(30)39(36-20-8-13-27-11-2-4-15-31(27)36)29-24-22-28(23-25-29)32-17-9-18-34-33-16-5-6-21-37(33)40-38(32)34/h1-25H. The zero-order valence-electron chi connectivity index (χ0n) is 21.8. The van der Waals surface area contributed by atoms with E-state index in [2.05, 4.69) is 144 Å². The van der Waals surface area contributed by atoms with Crippen LogP contribution in [0.3, 0.4) is 0 Å². The molecule has 0 saturated heterocycles. The van der Waals surface area contributed by atoms with Crippen molar-refractivity contribution in [2.45, 2.75) is 0 Å². The molecule has 0 N–H and O–H groups in total. The number of hydrogen-bond acceptors (Lipinski definition) is 2. The third-order valence-corrected chi connectivity index (χ3v) is 7.86. The minimum absolute atomic E-state index is 0.916. The average molecular weight is 512 g/mol. The minimum Gasteiger partial charge on any atom is -0.455 e. The first kappa shape index (κ1) is 22.6. The zero-order valence-corrected chi connectivity index (χ0v) is 21.8. The number of rotatable bonds is 4. The van der Waals surface area contributed by atoms with E-state index in [1.54, 1.807) is 0 Å². The van der Waals surface area contributed by atoms with Crippen LogP contribution in [0.25, 0.3) is 54.6 Å². The highest BCUT2D eigenvalue weighted by Gasteiger charge is 2.18. The molecule has 0 unspecified atom stereocenters. The molecule has 1 heterocycles. The maximum absolute atomic E-state index is 6.34. The molecule has 8 rings (SSSR count). The van der Waals surface area contributed by atoms with E-state index in [4.69, 9.17) is 4.42 Å². The summed E-state index contributed by atoms with van der Waals surface area (Å²) in [5.74, 6) is 0. The Morgan fingerprint density at radius 2 is 0.925 bits per heavy atom. The van der Waals surface area contributed by atoms with Gasteiger partial charge in [0.25, 0.3) is 0 Å². The molecule has 0 amide bonds. The molecule has 0 spiro atoms. The van der Waals surface area contributed by atoms with Crippen LogP contribution in [-0.4, -0.2) is 0 Å². The number of hydrogen-bond donors (Lipinski definition) is 0. The molecule has 0 fully saturated rings. The van der Waals surface area contributed by atoms with E-state index >= 15 is 0 Å². The molecule has 40 heavy (non-hydrogen) atoms. The molecule has 2 heteroatoms. The van der Waals surface area contributed by atoms with E-state index in [1.165, 1.54) is 21.5 Å². The first-order chi connectivity index (χ1) is 19.8. The maximum Gasteiger partial charge on any atom is 0.143 e. The van der Waals surface area contributed by atoms with Gasteiger partial charge in [-0.05, 0) is 46.7 Å². The van der Waals surface area contributed by atoms with E-state index in [1.807, 2.05) is 12.1 Å². The van der Waals surface area contributed by atoms with Crippen LogP contribution >= 0.6 is 0 Å². The molecule has 0 atom stereocenters. The predicted molar refractivity (Wildman–Crippen MR) is 169 cm³/mol. The van der Waals surface area contributed by atoms with Gasteiger partial charge in [0.2, 0.25) is 0 Å². The second kappa shape index (κ2) is 9.14. The second-order valence-electron chi connectivity index (χ2n) is 10.2. The van der Waals surface area contributed by atoms with E-state index in [0.29, 0.717) is 0 Å². The molecule has 0 aliphatic heterocycles. The fourth-order valence-corrected chi connectivity index (χ4v) is 5.98. The van der Waals surface area contributed by atoms with Gasteiger partial charge in [0.15, 0.2) is 0 Å². The molecular weight excluding hydrogens is 486 g/mol. The number of benzene rings is 7. The van der Waals surface area contributed by atoms with E-state index in [9.17, 15) is 0 Å². The Labute approximate surface area is 232 Å². The summed E-state index contributed by atoms with van der Waals surface area (Å²) >= 11 is 0. The molecule has 0 radical (unpaired) electrons. The Morgan fingerprint density at radius 3 is 1.60 bits per heavy atom. The Kier molecular flexibility index (Phi) is 5.17. The lowest BCUT2D eigenvalue weighted by Gasteiger charge is -2.28. The lowest BCUT2D eigenvalue weighted by atomic mass is 10.0. The predicted octanol–water partition coefficient (Wildman–Crippen LogP) is 11.0. The Morgan fingerprint density at radius 1 is 0.400 bits per heavy atom. The van der Waals surface area contributed by atoms with Crippen molar-refractivity contribution in [2.75, 3.05) is 4.90 Å². The number of para-hydroxylation sites is 2.